The molecule has 0 spiro atoms. The number of hydrogen-bond acceptors (Lipinski definition) is 2. The molecule has 1 aromatic carbocycles. The summed E-state index contributed by atoms with van der Waals surface area (Å²) in [7, 11) is 2.06. The summed E-state index contributed by atoms with van der Waals surface area (Å²) < 4.78 is 0. The van der Waals surface area contributed by atoms with Crippen molar-refractivity contribution in [2.75, 3.05) is 30.4 Å². The average molecular weight is 183 g/mol. The van der Waals surface area contributed by atoms with Crippen molar-refractivity contribution in [1.29, 1.82) is 0 Å². The van der Waals surface area contributed by atoms with E-state index in [9.17, 15) is 0 Å². The molecule has 0 fully saturated rings. The lowest BCUT2D eigenvalue weighted by Crippen LogP contribution is -2.30. The van der Waals surface area contributed by atoms with Gasteiger partial charge >= 0.3 is 0 Å². The first kappa shape index (κ1) is 7.74. The van der Waals surface area contributed by atoms with Crippen molar-refractivity contribution in [2.45, 2.75) is 0 Å². The number of nitrogens with one attached hydrogen (secondary N) is 1. The Morgan fingerprint density at radius 1 is 1.50 bits per heavy atom. The molecule has 1 N–H and O–H groups in total. The molecule has 0 aromatic heterocycles. The fraction of sp³-hybridized carbons (Fsp3) is 0.333. The largest absolute Gasteiger partial charge is 0.382 e. The van der Waals surface area contributed by atoms with Gasteiger partial charge in [-0.15, -0.1) is 0 Å². The molecule has 1 aromatic rings. The quantitative estimate of drug-likeness (QED) is 0.662. The molecule has 3 heteroatoms. The second kappa shape index (κ2) is 2.87. The summed E-state index contributed by atoms with van der Waals surface area (Å²) in [4.78, 5) is 2.17. The fourth-order valence-corrected chi connectivity index (χ4v) is 1.83. The van der Waals surface area contributed by atoms with Crippen LogP contribution in [0.2, 0.25) is 5.02 Å². The molecule has 0 unspecified atom stereocenters. The van der Waals surface area contributed by atoms with E-state index in [0.717, 1.165) is 29.5 Å². The lowest BCUT2D eigenvalue weighted by molar-refractivity contribution is 0.887. The Morgan fingerprint density at radius 2 is 2.33 bits per heavy atom. The van der Waals surface area contributed by atoms with E-state index >= 15 is 0 Å². The van der Waals surface area contributed by atoms with Gasteiger partial charge in [-0.2, -0.15) is 0 Å². The molecule has 0 bridgehead atoms. The van der Waals surface area contributed by atoms with Crippen molar-refractivity contribution in [3.05, 3.63) is 23.2 Å². The van der Waals surface area contributed by atoms with Crippen LogP contribution in [0.4, 0.5) is 11.4 Å². The molecule has 0 saturated heterocycles. The minimum absolute atomic E-state index is 0.821. The predicted octanol–water partition coefficient (Wildman–Crippen LogP) is 2.20. The van der Waals surface area contributed by atoms with Crippen molar-refractivity contribution in [2.24, 2.45) is 0 Å². The maximum atomic E-state index is 6.06. The van der Waals surface area contributed by atoms with Crippen molar-refractivity contribution in [1.82, 2.24) is 0 Å². The van der Waals surface area contributed by atoms with Crippen LogP contribution in [0.5, 0.6) is 0 Å². The van der Waals surface area contributed by atoms with Crippen molar-refractivity contribution in [3.8, 4) is 0 Å². The highest BCUT2D eigenvalue weighted by molar-refractivity contribution is 6.34. The Balaban J connectivity index is 2.53. The number of benzene rings is 1. The third kappa shape index (κ3) is 1.12. The maximum Gasteiger partial charge on any atom is 0.0789 e. The van der Waals surface area contributed by atoms with Crippen LogP contribution in [0, 0.1) is 0 Å². The molecule has 12 heavy (non-hydrogen) atoms. The first-order valence-corrected chi connectivity index (χ1v) is 4.40. The normalized spacial score (nSPS) is 15.3. The zero-order valence-electron chi connectivity index (χ0n) is 6.97. The van der Waals surface area contributed by atoms with Crippen LogP contribution in [0.1, 0.15) is 0 Å². The number of anilines is 2. The first-order valence-electron chi connectivity index (χ1n) is 4.02. The number of rotatable bonds is 0. The second-order valence-corrected chi connectivity index (χ2v) is 3.39. The molecule has 1 aliphatic rings. The van der Waals surface area contributed by atoms with Gasteiger partial charge in [0.05, 0.1) is 16.4 Å². The smallest absolute Gasteiger partial charge is 0.0789 e. The van der Waals surface area contributed by atoms with Gasteiger partial charge in [0.15, 0.2) is 0 Å². The molecule has 2 nitrogen and oxygen atoms in total. The molecular formula is C9H11ClN2. The summed E-state index contributed by atoms with van der Waals surface area (Å²) >= 11 is 6.06. The number of halogens is 1. The molecule has 0 aliphatic carbocycles. The summed E-state index contributed by atoms with van der Waals surface area (Å²) in [6.07, 6.45) is 0. The first-order chi connectivity index (χ1) is 5.79. The predicted molar refractivity (Wildman–Crippen MR) is 53.2 cm³/mol. The lowest BCUT2D eigenvalue weighted by atomic mass is 10.2. The summed E-state index contributed by atoms with van der Waals surface area (Å²) in [5, 5.41) is 4.13. The summed E-state index contributed by atoms with van der Waals surface area (Å²) in [6, 6.07) is 5.94. The van der Waals surface area contributed by atoms with Crippen LogP contribution in [0.25, 0.3) is 0 Å². The molecule has 0 radical (unpaired) electrons. The number of nitrogens with zero attached hydrogens (tertiary/aromatic N) is 1. The van der Waals surface area contributed by atoms with Crippen molar-refractivity contribution < 1.29 is 0 Å². The molecule has 0 atom stereocenters. The molecule has 0 amide bonds. The van der Waals surface area contributed by atoms with Crippen LogP contribution in [0.3, 0.4) is 0 Å². The highest BCUT2D eigenvalue weighted by atomic mass is 35.5. The summed E-state index contributed by atoms with van der Waals surface area (Å²) in [6.45, 7) is 2.00. The third-order valence-electron chi connectivity index (χ3n) is 2.13. The molecule has 1 heterocycles. The van der Waals surface area contributed by atoms with Crippen LogP contribution in [-0.4, -0.2) is 20.1 Å². The zero-order chi connectivity index (χ0) is 8.55. The van der Waals surface area contributed by atoms with Gasteiger partial charge in [0, 0.05) is 20.1 Å². The number of para-hydroxylation sites is 1. The Morgan fingerprint density at radius 3 is 3.08 bits per heavy atom. The Hall–Kier alpha value is -0.890. The van der Waals surface area contributed by atoms with E-state index in [0.29, 0.717) is 0 Å². The molecule has 2 rings (SSSR count). The monoisotopic (exact) mass is 182 g/mol. The molecule has 1 aliphatic heterocycles. The maximum absolute atomic E-state index is 6.06. The van der Waals surface area contributed by atoms with Gasteiger partial charge in [-0.05, 0) is 12.1 Å². The van der Waals surface area contributed by atoms with Crippen molar-refractivity contribution >= 4 is 23.0 Å². The number of hydrogen-bond donors (Lipinski definition) is 1. The van der Waals surface area contributed by atoms with E-state index in [-0.39, 0.29) is 0 Å². The van der Waals surface area contributed by atoms with Gasteiger partial charge in [-0.25, -0.2) is 0 Å². The van der Waals surface area contributed by atoms with Crippen LogP contribution < -0.4 is 10.2 Å². The lowest BCUT2D eigenvalue weighted by Gasteiger charge is -2.29. The Kier molecular flexibility index (Phi) is 1.85. The van der Waals surface area contributed by atoms with Gasteiger partial charge in [-0.3, -0.25) is 0 Å². The topological polar surface area (TPSA) is 15.3 Å². The van der Waals surface area contributed by atoms with Gasteiger partial charge in [-0.1, -0.05) is 17.7 Å². The minimum Gasteiger partial charge on any atom is -0.382 e. The fourth-order valence-electron chi connectivity index (χ4n) is 1.52. The van der Waals surface area contributed by atoms with E-state index in [1.807, 2.05) is 12.1 Å². The summed E-state index contributed by atoms with van der Waals surface area (Å²) in [5.41, 5.74) is 2.25. The highest BCUT2D eigenvalue weighted by Gasteiger charge is 2.14. The van der Waals surface area contributed by atoms with Crippen LogP contribution in [-0.2, 0) is 0 Å². The van der Waals surface area contributed by atoms with Crippen LogP contribution >= 0.6 is 11.6 Å². The van der Waals surface area contributed by atoms with Gasteiger partial charge in [0.1, 0.15) is 0 Å². The number of fused-ring (bicyclic) bond motifs is 1. The highest BCUT2D eigenvalue weighted by Crippen LogP contribution is 2.34. The Labute approximate surface area is 77.1 Å². The SMILES string of the molecule is CN1CCNc2cccc(Cl)c21. The minimum atomic E-state index is 0.821. The van der Waals surface area contributed by atoms with Gasteiger partial charge < -0.3 is 10.2 Å². The molecular weight excluding hydrogens is 172 g/mol. The van der Waals surface area contributed by atoms with Gasteiger partial charge in [0.2, 0.25) is 0 Å². The van der Waals surface area contributed by atoms with Gasteiger partial charge in [0.25, 0.3) is 0 Å². The second-order valence-electron chi connectivity index (χ2n) is 2.98. The molecule has 0 saturated carbocycles. The van der Waals surface area contributed by atoms with E-state index < -0.39 is 0 Å². The average Bonchev–Trinajstić information content (AvgIpc) is 2.04. The summed E-state index contributed by atoms with van der Waals surface area (Å²) in [5.74, 6) is 0. The Bertz CT molecular complexity index is 299. The molecule has 64 valence electrons. The van der Waals surface area contributed by atoms with Crippen LogP contribution in [0.15, 0.2) is 18.2 Å². The van der Waals surface area contributed by atoms with E-state index in [1.54, 1.807) is 0 Å². The zero-order valence-corrected chi connectivity index (χ0v) is 7.73. The van der Waals surface area contributed by atoms with Crippen molar-refractivity contribution in [3.63, 3.8) is 0 Å². The third-order valence-corrected chi connectivity index (χ3v) is 2.44. The number of likely N-dealkylation sites (N-methyl/N-ethyl adjacent to an activating group) is 1. The van der Waals surface area contributed by atoms with E-state index in [4.69, 9.17) is 11.6 Å². The van der Waals surface area contributed by atoms with E-state index in [2.05, 4.69) is 23.3 Å². The van der Waals surface area contributed by atoms with E-state index in [1.165, 1.54) is 0 Å². The standard InChI is InChI=1S/C9H11ClN2/c1-12-6-5-11-8-4-2-3-7(10)9(8)12/h2-4,11H,5-6H2,1H3.